The number of nitrogens with zero attached hydrogens (tertiary/aromatic N) is 1. The Morgan fingerprint density at radius 1 is 1.29 bits per heavy atom. The van der Waals surface area contributed by atoms with Gasteiger partial charge in [-0.1, -0.05) is 19.3 Å². The van der Waals surface area contributed by atoms with Gasteiger partial charge in [0.25, 0.3) is 0 Å². The van der Waals surface area contributed by atoms with Crippen molar-refractivity contribution in [1.82, 2.24) is 10.3 Å². The Morgan fingerprint density at radius 2 is 2.00 bits per heavy atom. The fraction of sp³-hybridized carbons (Fsp3) is 0.786. The predicted octanol–water partition coefficient (Wildman–Crippen LogP) is 3.35. The second-order valence-electron chi connectivity index (χ2n) is 5.32. The highest BCUT2D eigenvalue weighted by atomic mass is 16.4. The van der Waals surface area contributed by atoms with Crippen LogP contribution in [0.15, 0.2) is 4.42 Å². The van der Waals surface area contributed by atoms with Crippen LogP contribution in [0.4, 0.5) is 0 Å². The Balaban J connectivity index is 1.80. The van der Waals surface area contributed by atoms with E-state index in [1.54, 1.807) is 0 Å². The van der Waals surface area contributed by atoms with Crippen LogP contribution in [0, 0.1) is 19.8 Å². The van der Waals surface area contributed by atoms with Crippen LogP contribution < -0.4 is 5.32 Å². The summed E-state index contributed by atoms with van der Waals surface area (Å²) < 4.78 is 5.58. The van der Waals surface area contributed by atoms with E-state index in [0.29, 0.717) is 6.04 Å². The van der Waals surface area contributed by atoms with Crippen molar-refractivity contribution < 1.29 is 4.42 Å². The molecule has 0 bridgehead atoms. The number of aryl methyl sites for hydroxylation is 2. The molecule has 96 valence electrons. The van der Waals surface area contributed by atoms with Crippen LogP contribution in [0.2, 0.25) is 0 Å². The summed E-state index contributed by atoms with van der Waals surface area (Å²) in [6, 6.07) is 0.572. The van der Waals surface area contributed by atoms with Crippen molar-refractivity contribution in [3.05, 3.63) is 17.3 Å². The van der Waals surface area contributed by atoms with E-state index < -0.39 is 0 Å². The molecule has 0 saturated heterocycles. The molecule has 2 rings (SSSR count). The zero-order chi connectivity index (χ0) is 12.3. The molecule has 1 aromatic heterocycles. The molecule has 1 N–H and O–H groups in total. The molecule has 3 heteroatoms. The fourth-order valence-electron chi connectivity index (χ4n) is 2.66. The Kier molecular flexibility index (Phi) is 4.21. The minimum absolute atomic E-state index is 0.572. The Hall–Kier alpha value is -0.830. The zero-order valence-electron chi connectivity index (χ0n) is 11.3. The molecule has 1 atom stereocenters. The number of oxazole rings is 1. The summed E-state index contributed by atoms with van der Waals surface area (Å²) in [6.45, 7) is 7.01. The second kappa shape index (κ2) is 5.67. The molecule has 1 fully saturated rings. The van der Waals surface area contributed by atoms with Gasteiger partial charge in [-0.2, -0.15) is 0 Å². The predicted molar refractivity (Wildman–Crippen MR) is 68.9 cm³/mol. The van der Waals surface area contributed by atoms with Gasteiger partial charge in [0.05, 0.1) is 12.2 Å². The molecule has 0 aromatic carbocycles. The number of aromatic nitrogens is 1. The van der Waals surface area contributed by atoms with Crippen LogP contribution in [-0.4, -0.2) is 11.0 Å². The maximum Gasteiger partial charge on any atom is 0.208 e. The van der Waals surface area contributed by atoms with Crippen LogP contribution in [0.1, 0.15) is 56.4 Å². The molecule has 0 spiro atoms. The van der Waals surface area contributed by atoms with Crippen LogP contribution in [0.5, 0.6) is 0 Å². The summed E-state index contributed by atoms with van der Waals surface area (Å²) in [4.78, 5) is 4.40. The van der Waals surface area contributed by atoms with Gasteiger partial charge < -0.3 is 9.73 Å². The maximum absolute atomic E-state index is 5.58. The summed E-state index contributed by atoms with van der Waals surface area (Å²) in [6.07, 6.45) is 6.96. The maximum atomic E-state index is 5.58. The molecule has 1 heterocycles. The number of nitrogens with one attached hydrogen (secondary N) is 1. The van der Waals surface area contributed by atoms with Crippen LogP contribution in [-0.2, 0) is 6.54 Å². The lowest BCUT2D eigenvalue weighted by Crippen LogP contribution is -2.34. The first-order chi connectivity index (χ1) is 8.16. The molecular formula is C14H24N2O. The molecule has 17 heavy (non-hydrogen) atoms. The molecule has 1 saturated carbocycles. The third kappa shape index (κ3) is 3.32. The van der Waals surface area contributed by atoms with Gasteiger partial charge in [-0.05, 0) is 39.5 Å². The highest BCUT2D eigenvalue weighted by Crippen LogP contribution is 2.26. The number of hydrogen-bond donors (Lipinski definition) is 1. The number of rotatable bonds is 4. The minimum atomic E-state index is 0.572. The molecule has 1 aliphatic rings. The van der Waals surface area contributed by atoms with Crippen molar-refractivity contribution in [2.75, 3.05) is 0 Å². The van der Waals surface area contributed by atoms with Gasteiger partial charge in [0.2, 0.25) is 5.89 Å². The van der Waals surface area contributed by atoms with Crippen molar-refractivity contribution in [2.24, 2.45) is 5.92 Å². The number of hydrogen-bond acceptors (Lipinski definition) is 3. The van der Waals surface area contributed by atoms with Gasteiger partial charge in [0.1, 0.15) is 5.76 Å². The van der Waals surface area contributed by atoms with Crippen LogP contribution >= 0.6 is 0 Å². The highest BCUT2D eigenvalue weighted by Gasteiger charge is 2.20. The molecule has 0 aliphatic heterocycles. The highest BCUT2D eigenvalue weighted by molar-refractivity contribution is 5.05. The SMILES string of the molecule is Cc1nc(CN[C@H](C)C2CCCCC2)oc1C. The van der Waals surface area contributed by atoms with E-state index in [2.05, 4.69) is 17.2 Å². The van der Waals surface area contributed by atoms with E-state index in [-0.39, 0.29) is 0 Å². The third-order valence-corrected chi connectivity index (χ3v) is 4.01. The molecule has 1 aliphatic carbocycles. The van der Waals surface area contributed by atoms with Crippen molar-refractivity contribution in [1.29, 1.82) is 0 Å². The van der Waals surface area contributed by atoms with Gasteiger partial charge in [0, 0.05) is 6.04 Å². The molecule has 0 radical (unpaired) electrons. The molecule has 0 amide bonds. The fourth-order valence-corrected chi connectivity index (χ4v) is 2.66. The molecular weight excluding hydrogens is 212 g/mol. The van der Waals surface area contributed by atoms with E-state index in [1.165, 1.54) is 32.1 Å². The molecule has 0 unspecified atom stereocenters. The summed E-state index contributed by atoms with van der Waals surface area (Å²) in [5, 5.41) is 3.55. The van der Waals surface area contributed by atoms with Gasteiger partial charge in [-0.25, -0.2) is 4.98 Å². The van der Waals surface area contributed by atoms with Crippen molar-refractivity contribution in [3.8, 4) is 0 Å². The average molecular weight is 236 g/mol. The largest absolute Gasteiger partial charge is 0.444 e. The first kappa shape index (κ1) is 12.6. The van der Waals surface area contributed by atoms with Crippen LogP contribution in [0.25, 0.3) is 0 Å². The standard InChI is InChI=1S/C14H24N2O/c1-10-12(3)17-14(16-10)9-15-11(2)13-7-5-4-6-8-13/h11,13,15H,4-9H2,1-3H3/t11-/m1/s1. The zero-order valence-corrected chi connectivity index (χ0v) is 11.3. The summed E-state index contributed by atoms with van der Waals surface area (Å²) >= 11 is 0. The van der Waals surface area contributed by atoms with Crippen molar-refractivity contribution in [3.63, 3.8) is 0 Å². The van der Waals surface area contributed by atoms with Gasteiger partial charge >= 0.3 is 0 Å². The lowest BCUT2D eigenvalue weighted by Gasteiger charge is -2.28. The van der Waals surface area contributed by atoms with E-state index in [9.17, 15) is 0 Å². The van der Waals surface area contributed by atoms with E-state index in [4.69, 9.17) is 4.42 Å². The van der Waals surface area contributed by atoms with Crippen molar-refractivity contribution in [2.45, 2.75) is 65.5 Å². The van der Waals surface area contributed by atoms with Gasteiger partial charge in [-0.3, -0.25) is 0 Å². The first-order valence-corrected chi connectivity index (χ1v) is 6.83. The minimum Gasteiger partial charge on any atom is -0.444 e. The third-order valence-electron chi connectivity index (χ3n) is 4.01. The monoisotopic (exact) mass is 236 g/mol. The molecule has 1 aromatic rings. The first-order valence-electron chi connectivity index (χ1n) is 6.83. The van der Waals surface area contributed by atoms with E-state index in [0.717, 1.165) is 29.8 Å². The van der Waals surface area contributed by atoms with Gasteiger partial charge in [0.15, 0.2) is 0 Å². The smallest absolute Gasteiger partial charge is 0.208 e. The summed E-state index contributed by atoms with van der Waals surface area (Å²) in [5.74, 6) is 2.59. The second-order valence-corrected chi connectivity index (χ2v) is 5.32. The van der Waals surface area contributed by atoms with Crippen LogP contribution in [0.3, 0.4) is 0 Å². The normalized spacial score (nSPS) is 19.5. The lowest BCUT2D eigenvalue weighted by atomic mass is 9.84. The quantitative estimate of drug-likeness (QED) is 0.871. The summed E-state index contributed by atoms with van der Waals surface area (Å²) in [5.41, 5.74) is 1.01. The Bertz CT molecular complexity index is 334. The topological polar surface area (TPSA) is 38.1 Å². The van der Waals surface area contributed by atoms with E-state index in [1.807, 2.05) is 13.8 Å². The van der Waals surface area contributed by atoms with Gasteiger partial charge in [-0.15, -0.1) is 0 Å². The summed E-state index contributed by atoms with van der Waals surface area (Å²) in [7, 11) is 0. The molecule has 3 nitrogen and oxygen atoms in total. The van der Waals surface area contributed by atoms with Crippen molar-refractivity contribution >= 4 is 0 Å². The Labute approximate surface area is 104 Å². The average Bonchev–Trinajstić information content (AvgIpc) is 2.67. The lowest BCUT2D eigenvalue weighted by molar-refractivity contribution is 0.274. The Morgan fingerprint density at radius 3 is 2.59 bits per heavy atom. The van der Waals surface area contributed by atoms with E-state index >= 15 is 0 Å².